The van der Waals surface area contributed by atoms with Gasteiger partial charge in [-0.15, -0.1) is 0 Å². The number of halogens is 9. The number of benzene rings is 7. The number of alkyl halides is 9. The van der Waals surface area contributed by atoms with Crippen molar-refractivity contribution >= 4 is 43.6 Å². The van der Waals surface area contributed by atoms with Crippen LogP contribution in [0.2, 0.25) is 0 Å². The number of nitriles is 1. The highest BCUT2D eigenvalue weighted by molar-refractivity contribution is 6.13. The summed E-state index contributed by atoms with van der Waals surface area (Å²) in [6.07, 6.45) is -11.5. The van der Waals surface area contributed by atoms with Crippen molar-refractivity contribution in [1.29, 1.82) is 5.26 Å². The van der Waals surface area contributed by atoms with Crippen LogP contribution in [0, 0.1) is 18.3 Å². The molecule has 0 aliphatic heterocycles. The van der Waals surface area contributed by atoms with Crippen LogP contribution in [0.4, 0.5) is 39.5 Å². The Morgan fingerprint density at radius 2 is 0.938 bits per heavy atom. The molecular formula is C52H29F9N4. The molecule has 0 unspecified atom stereocenters. The topological polar surface area (TPSA) is 46.5 Å². The molecule has 10 aromatic rings. The number of aryl methyl sites for hydroxylation is 1. The SMILES string of the molecule is Cc1ccc(-c2ccc3c(c2)c2ccccc2n3-c2cc(C#N)cc(-n3c4ccccc4c4cc(-c5ccc(C(F)(F)F)cc5C(F)(F)F)ccc43)c2-c2ccncc2)c(C(F)(F)F)c1. The van der Waals surface area contributed by atoms with Crippen molar-refractivity contribution in [3.63, 3.8) is 0 Å². The second-order valence-electron chi connectivity index (χ2n) is 15.7. The van der Waals surface area contributed by atoms with Gasteiger partial charge in [0.05, 0.1) is 61.8 Å². The van der Waals surface area contributed by atoms with E-state index in [1.54, 1.807) is 92.1 Å². The average Bonchev–Trinajstić information content (AvgIpc) is 3.80. The summed E-state index contributed by atoms with van der Waals surface area (Å²) >= 11 is 0. The van der Waals surface area contributed by atoms with Crippen molar-refractivity contribution in [3.05, 3.63) is 186 Å². The van der Waals surface area contributed by atoms with E-state index in [-0.39, 0.29) is 22.8 Å². The molecule has 0 atom stereocenters. The summed E-state index contributed by atoms with van der Waals surface area (Å²) in [4.78, 5) is 4.25. The van der Waals surface area contributed by atoms with Gasteiger partial charge in [0.25, 0.3) is 0 Å². The van der Waals surface area contributed by atoms with Crippen LogP contribution >= 0.6 is 0 Å². The highest BCUT2D eigenvalue weighted by Crippen LogP contribution is 2.46. The van der Waals surface area contributed by atoms with Gasteiger partial charge in [-0.25, -0.2) is 0 Å². The third-order valence-corrected chi connectivity index (χ3v) is 11.8. The zero-order valence-corrected chi connectivity index (χ0v) is 33.7. The minimum absolute atomic E-state index is 0.0237. The first-order valence-corrected chi connectivity index (χ1v) is 20.0. The maximum absolute atomic E-state index is 14.4. The Kier molecular flexibility index (Phi) is 9.42. The monoisotopic (exact) mass is 880 g/mol. The Morgan fingerprint density at radius 1 is 0.462 bits per heavy atom. The van der Waals surface area contributed by atoms with Gasteiger partial charge in [-0.3, -0.25) is 4.98 Å². The van der Waals surface area contributed by atoms with Crippen LogP contribution in [0.15, 0.2) is 158 Å². The molecule has 3 aromatic heterocycles. The molecule has 7 aromatic carbocycles. The van der Waals surface area contributed by atoms with Crippen LogP contribution in [0.25, 0.3) is 88.4 Å². The van der Waals surface area contributed by atoms with Gasteiger partial charge in [0.1, 0.15) is 0 Å². The molecule has 0 spiro atoms. The lowest BCUT2D eigenvalue weighted by Gasteiger charge is -2.21. The van der Waals surface area contributed by atoms with Crippen molar-refractivity contribution in [2.75, 3.05) is 0 Å². The van der Waals surface area contributed by atoms with Crippen LogP contribution in [0.5, 0.6) is 0 Å². The van der Waals surface area contributed by atoms with E-state index in [1.807, 2.05) is 39.5 Å². The van der Waals surface area contributed by atoms with E-state index in [9.17, 15) is 44.8 Å². The van der Waals surface area contributed by atoms with Crippen LogP contribution in [-0.4, -0.2) is 14.1 Å². The summed E-state index contributed by atoms with van der Waals surface area (Å²) < 4.78 is 131. The molecule has 13 heteroatoms. The number of fused-ring (bicyclic) bond motifs is 6. The van der Waals surface area contributed by atoms with Crippen molar-refractivity contribution in [3.8, 4) is 50.8 Å². The molecule has 0 saturated carbocycles. The van der Waals surface area contributed by atoms with Gasteiger partial charge in [0.15, 0.2) is 0 Å². The van der Waals surface area contributed by atoms with Crippen molar-refractivity contribution in [2.24, 2.45) is 0 Å². The summed E-state index contributed by atoms with van der Waals surface area (Å²) in [5.41, 5.74) is 1.90. The quantitative estimate of drug-likeness (QED) is 0.162. The maximum atomic E-state index is 14.4. The van der Waals surface area contributed by atoms with E-state index >= 15 is 0 Å². The average molecular weight is 881 g/mol. The summed E-state index contributed by atoms with van der Waals surface area (Å²) in [5.74, 6) is 0. The summed E-state index contributed by atoms with van der Waals surface area (Å²) in [6, 6.07) is 39.5. The van der Waals surface area contributed by atoms with Gasteiger partial charge in [0, 0.05) is 39.5 Å². The van der Waals surface area contributed by atoms with Gasteiger partial charge in [-0.1, -0.05) is 72.3 Å². The van der Waals surface area contributed by atoms with Crippen LogP contribution in [0.3, 0.4) is 0 Å². The maximum Gasteiger partial charge on any atom is 0.417 e. The largest absolute Gasteiger partial charge is 0.417 e. The highest BCUT2D eigenvalue weighted by atomic mass is 19.4. The molecule has 0 saturated heterocycles. The lowest BCUT2D eigenvalue weighted by Crippen LogP contribution is -2.12. The Hall–Kier alpha value is -7.85. The highest BCUT2D eigenvalue weighted by Gasteiger charge is 2.39. The first-order chi connectivity index (χ1) is 31.0. The van der Waals surface area contributed by atoms with Gasteiger partial charge in [-0.05, 0) is 114 Å². The molecule has 0 aliphatic carbocycles. The summed E-state index contributed by atoms with van der Waals surface area (Å²) in [7, 11) is 0. The van der Waals surface area contributed by atoms with Gasteiger partial charge < -0.3 is 9.13 Å². The normalized spacial score (nSPS) is 12.4. The lowest BCUT2D eigenvalue weighted by atomic mass is 9.95. The third-order valence-electron chi connectivity index (χ3n) is 11.8. The molecule has 3 heterocycles. The fraction of sp³-hybridized carbons (Fsp3) is 0.0769. The zero-order valence-electron chi connectivity index (χ0n) is 33.7. The number of pyridine rings is 1. The summed E-state index contributed by atoms with van der Waals surface area (Å²) in [6.45, 7) is 1.60. The molecule has 320 valence electrons. The summed E-state index contributed by atoms with van der Waals surface area (Å²) in [5, 5.41) is 13.2. The molecule has 0 amide bonds. The molecular weight excluding hydrogens is 852 g/mol. The first kappa shape index (κ1) is 41.2. The minimum Gasteiger partial charge on any atom is -0.308 e. The Labute approximate surface area is 363 Å². The number of nitrogens with zero attached hydrogens (tertiary/aromatic N) is 4. The van der Waals surface area contributed by atoms with E-state index in [1.165, 1.54) is 18.2 Å². The van der Waals surface area contributed by atoms with Gasteiger partial charge >= 0.3 is 18.5 Å². The zero-order chi connectivity index (χ0) is 45.6. The third kappa shape index (κ3) is 6.93. The Balaban J connectivity index is 1.26. The first-order valence-electron chi connectivity index (χ1n) is 20.0. The molecule has 0 fully saturated rings. The van der Waals surface area contributed by atoms with Crippen LogP contribution in [-0.2, 0) is 18.5 Å². The van der Waals surface area contributed by atoms with Crippen LogP contribution in [0.1, 0.15) is 27.8 Å². The second kappa shape index (κ2) is 14.9. The number of aromatic nitrogens is 3. The van der Waals surface area contributed by atoms with Crippen molar-refractivity contribution < 1.29 is 39.5 Å². The fourth-order valence-corrected chi connectivity index (χ4v) is 8.99. The molecule has 0 radical (unpaired) electrons. The van der Waals surface area contributed by atoms with E-state index in [4.69, 9.17) is 0 Å². The van der Waals surface area contributed by atoms with E-state index < -0.39 is 40.8 Å². The van der Waals surface area contributed by atoms with Gasteiger partial charge in [0.2, 0.25) is 0 Å². The molecule has 10 rings (SSSR count). The Morgan fingerprint density at radius 3 is 1.43 bits per heavy atom. The van der Waals surface area contributed by atoms with E-state index in [0.29, 0.717) is 77.9 Å². The number of rotatable bonds is 5. The van der Waals surface area contributed by atoms with E-state index in [2.05, 4.69) is 11.1 Å². The molecule has 0 aliphatic rings. The van der Waals surface area contributed by atoms with Crippen LogP contribution < -0.4 is 0 Å². The van der Waals surface area contributed by atoms with Gasteiger partial charge in [-0.2, -0.15) is 44.8 Å². The molecule has 0 bridgehead atoms. The predicted octanol–water partition coefficient (Wildman–Crippen LogP) is 15.5. The lowest BCUT2D eigenvalue weighted by molar-refractivity contribution is -0.143. The second-order valence-corrected chi connectivity index (χ2v) is 15.7. The van der Waals surface area contributed by atoms with Crippen molar-refractivity contribution in [2.45, 2.75) is 25.5 Å². The smallest absolute Gasteiger partial charge is 0.308 e. The van der Waals surface area contributed by atoms with E-state index in [0.717, 1.165) is 17.5 Å². The van der Waals surface area contributed by atoms with Crippen molar-refractivity contribution in [1.82, 2.24) is 14.1 Å². The minimum atomic E-state index is -5.10. The standard InChI is InChI=1S/C52H29F9N4/c1-29-10-14-35(41(22-29)51(56,57)58)32-11-16-45-39(25-32)37-6-2-4-8-43(37)64(45)47-23-30(28-62)24-48(49(47)31-18-20-63-21-19-31)65-44-9-5-3-7-38(44)40-26-33(12-17-46(40)65)36-15-13-34(50(53,54)55)27-42(36)52(59,60)61/h2-27H,1H3. The predicted molar refractivity (Wildman–Crippen MR) is 234 cm³/mol. The Bertz CT molecular complexity index is 3590. The number of hydrogen-bond acceptors (Lipinski definition) is 2. The fourth-order valence-electron chi connectivity index (χ4n) is 8.99. The molecule has 0 N–H and O–H groups in total. The number of para-hydroxylation sites is 2. The molecule has 65 heavy (non-hydrogen) atoms. The molecule has 4 nitrogen and oxygen atoms in total. The number of hydrogen-bond donors (Lipinski definition) is 0.